The first-order valence-corrected chi connectivity index (χ1v) is 11.8. The lowest BCUT2D eigenvalue weighted by Crippen LogP contribution is -2.47. The van der Waals surface area contributed by atoms with Crippen molar-refractivity contribution < 1.29 is 9.59 Å². The Kier molecular flexibility index (Phi) is 6.71. The van der Waals surface area contributed by atoms with Crippen molar-refractivity contribution in [2.75, 3.05) is 27.2 Å². The maximum absolute atomic E-state index is 12.9. The monoisotopic (exact) mass is 470 g/mol. The van der Waals surface area contributed by atoms with Crippen LogP contribution in [0.5, 0.6) is 0 Å². The number of aromatic amines is 1. The van der Waals surface area contributed by atoms with Gasteiger partial charge in [0.1, 0.15) is 5.69 Å². The number of likely N-dealkylation sites (tertiary alicyclic amines) is 1. The van der Waals surface area contributed by atoms with E-state index in [-0.39, 0.29) is 17.7 Å². The third kappa shape index (κ3) is 4.76. The Morgan fingerprint density at radius 3 is 2.81 bits per heavy atom. The SMILES string of the molecule is CNC(=S)N(C)NC(=O)c1csc(C2CCN(C(=O)Cc3c[nH]c4ccccc34)CC2)n1. The Morgan fingerprint density at radius 1 is 1.31 bits per heavy atom. The van der Waals surface area contributed by atoms with Crippen LogP contribution in [-0.2, 0) is 11.2 Å². The van der Waals surface area contributed by atoms with Crippen LogP contribution in [0.2, 0.25) is 0 Å². The molecule has 3 aromatic rings. The van der Waals surface area contributed by atoms with Gasteiger partial charge >= 0.3 is 0 Å². The molecule has 1 aliphatic rings. The fourth-order valence-electron chi connectivity index (χ4n) is 3.94. The molecule has 0 bridgehead atoms. The van der Waals surface area contributed by atoms with Gasteiger partial charge in [0.2, 0.25) is 5.91 Å². The van der Waals surface area contributed by atoms with Crippen LogP contribution in [-0.4, -0.2) is 64.0 Å². The summed E-state index contributed by atoms with van der Waals surface area (Å²) in [5.41, 5.74) is 5.17. The molecule has 1 fully saturated rings. The third-order valence-electron chi connectivity index (χ3n) is 5.76. The van der Waals surface area contributed by atoms with Crippen LogP contribution >= 0.6 is 23.6 Å². The van der Waals surface area contributed by atoms with Crippen molar-refractivity contribution in [2.45, 2.75) is 25.2 Å². The number of para-hydroxylation sites is 1. The summed E-state index contributed by atoms with van der Waals surface area (Å²) in [5, 5.41) is 8.49. The van der Waals surface area contributed by atoms with E-state index >= 15 is 0 Å². The van der Waals surface area contributed by atoms with E-state index in [1.54, 1.807) is 19.5 Å². The number of hydrazine groups is 1. The molecule has 3 N–H and O–H groups in total. The van der Waals surface area contributed by atoms with E-state index in [1.165, 1.54) is 16.3 Å². The molecule has 8 nitrogen and oxygen atoms in total. The number of fused-ring (bicyclic) bond motifs is 1. The van der Waals surface area contributed by atoms with Crippen molar-refractivity contribution in [2.24, 2.45) is 0 Å². The molecular formula is C22H26N6O2S2. The molecule has 2 aromatic heterocycles. The molecule has 0 aliphatic carbocycles. The molecule has 10 heteroatoms. The van der Waals surface area contributed by atoms with Crippen molar-refractivity contribution in [3.05, 3.63) is 52.1 Å². The average molecular weight is 471 g/mol. The summed E-state index contributed by atoms with van der Waals surface area (Å²) in [6.07, 6.45) is 4.02. The van der Waals surface area contributed by atoms with Gasteiger partial charge in [-0.15, -0.1) is 11.3 Å². The Bertz CT molecular complexity index is 1130. The molecule has 0 unspecified atom stereocenters. The molecule has 168 valence electrons. The standard InChI is InChI=1S/C22H26N6O2S2/c1-23-22(31)27(2)26-20(30)18-13-32-21(25-18)14-7-9-28(10-8-14)19(29)11-15-12-24-17-6-4-3-5-16(15)17/h3-6,12-14,24H,7-11H2,1-2H3,(H,23,31)(H,26,30). The highest BCUT2D eigenvalue weighted by Gasteiger charge is 2.27. The maximum atomic E-state index is 12.9. The second-order valence-electron chi connectivity index (χ2n) is 7.82. The number of thiocarbonyl (C=S) groups is 1. The number of rotatable bonds is 4. The summed E-state index contributed by atoms with van der Waals surface area (Å²) in [6.45, 7) is 1.40. The molecule has 1 saturated heterocycles. The first-order valence-electron chi connectivity index (χ1n) is 10.5. The first kappa shape index (κ1) is 22.2. The van der Waals surface area contributed by atoms with Gasteiger partial charge in [0.25, 0.3) is 5.91 Å². The zero-order valence-corrected chi connectivity index (χ0v) is 19.7. The average Bonchev–Trinajstić information content (AvgIpc) is 3.46. The summed E-state index contributed by atoms with van der Waals surface area (Å²) in [7, 11) is 3.37. The highest BCUT2D eigenvalue weighted by atomic mass is 32.1. The summed E-state index contributed by atoms with van der Waals surface area (Å²) >= 11 is 6.59. The zero-order valence-electron chi connectivity index (χ0n) is 18.1. The summed E-state index contributed by atoms with van der Waals surface area (Å²) < 4.78 is 0. The summed E-state index contributed by atoms with van der Waals surface area (Å²) in [6, 6.07) is 8.04. The lowest BCUT2D eigenvalue weighted by Gasteiger charge is -2.31. The number of nitrogens with one attached hydrogen (secondary N) is 3. The normalized spacial score (nSPS) is 14.4. The van der Waals surface area contributed by atoms with Gasteiger partial charge in [0.05, 0.1) is 11.4 Å². The van der Waals surface area contributed by atoms with Crippen LogP contribution in [0.4, 0.5) is 0 Å². The molecule has 32 heavy (non-hydrogen) atoms. The summed E-state index contributed by atoms with van der Waals surface area (Å²) in [4.78, 5) is 35.0. The smallest absolute Gasteiger partial charge is 0.289 e. The molecule has 1 aromatic carbocycles. The molecule has 2 amide bonds. The lowest BCUT2D eigenvalue weighted by molar-refractivity contribution is -0.131. The van der Waals surface area contributed by atoms with Crippen LogP contribution in [0.3, 0.4) is 0 Å². The molecule has 0 saturated carbocycles. The van der Waals surface area contributed by atoms with Crippen LogP contribution in [0.15, 0.2) is 35.8 Å². The quantitative estimate of drug-likeness (QED) is 0.401. The molecule has 1 aliphatic heterocycles. The Morgan fingerprint density at radius 2 is 2.06 bits per heavy atom. The largest absolute Gasteiger partial charge is 0.364 e. The van der Waals surface area contributed by atoms with Crippen molar-refractivity contribution >= 4 is 51.4 Å². The van der Waals surface area contributed by atoms with Crippen LogP contribution in [0.25, 0.3) is 10.9 Å². The van der Waals surface area contributed by atoms with Gasteiger partial charge in [-0.3, -0.25) is 20.0 Å². The molecule has 0 atom stereocenters. The van der Waals surface area contributed by atoms with E-state index < -0.39 is 0 Å². The second kappa shape index (κ2) is 9.66. The fourth-order valence-corrected chi connectivity index (χ4v) is 4.95. The van der Waals surface area contributed by atoms with Gasteiger partial charge in [-0.25, -0.2) is 4.98 Å². The molecule has 0 spiro atoms. The van der Waals surface area contributed by atoms with Crippen LogP contribution in [0, 0.1) is 0 Å². The van der Waals surface area contributed by atoms with Gasteiger partial charge in [-0.05, 0) is 36.7 Å². The van der Waals surface area contributed by atoms with E-state index in [4.69, 9.17) is 12.2 Å². The number of aromatic nitrogens is 2. The van der Waals surface area contributed by atoms with E-state index in [0.717, 1.165) is 34.3 Å². The predicted molar refractivity (Wildman–Crippen MR) is 130 cm³/mol. The van der Waals surface area contributed by atoms with Crippen molar-refractivity contribution in [1.82, 2.24) is 30.6 Å². The minimum Gasteiger partial charge on any atom is -0.364 e. The van der Waals surface area contributed by atoms with Crippen LogP contribution < -0.4 is 10.7 Å². The highest BCUT2D eigenvalue weighted by molar-refractivity contribution is 7.80. The van der Waals surface area contributed by atoms with Gasteiger partial charge in [-0.2, -0.15) is 0 Å². The van der Waals surface area contributed by atoms with Gasteiger partial charge in [0.15, 0.2) is 5.11 Å². The highest BCUT2D eigenvalue weighted by Crippen LogP contribution is 2.31. The van der Waals surface area contributed by atoms with E-state index in [9.17, 15) is 9.59 Å². The number of hydrogen-bond acceptors (Lipinski definition) is 5. The molecule has 3 heterocycles. The Balaban J connectivity index is 1.31. The first-order chi connectivity index (χ1) is 15.5. The van der Waals surface area contributed by atoms with E-state index in [2.05, 4.69) is 20.7 Å². The zero-order chi connectivity index (χ0) is 22.7. The number of thiazole rings is 1. The Labute approximate surface area is 196 Å². The third-order valence-corrected chi connectivity index (χ3v) is 7.24. The van der Waals surface area contributed by atoms with E-state index in [0.29, 0.717) is 30.3 Å². The van der Waals surface area contributed by atoms with Gasteiger partial charge < -0.3 is 15.2 Å². The fraction of sp³-hybridized carbons (Fsp3) is 0.364. The number of amides is 2. The number of piperidine rings is 1. The minimum absolute atomic E-state index is 0.149. The second-order valence-corrected chi connectivity index (χ2v) is 9.09. The van der Waals surface area contributed by atoms with Crippen molar-refractivity contribution in [3.8, 4) is 0 Å². The van der Waals surface area contributed by atoms with Gasteiger partial charge in [-0.1, -0.05) is 18.2 Å². The number of H-pyrrole nitrogens is 1. The van der Waals surface area contributed by atoms with Gasteiger partial charge in [0, 0.05) is 55.6 Å². The number of benzene rings is 1. The molecule has 0 radical (unpaired) electrons. The molecule has 4 rings (SSSR count). The number of carbonyl (C=O) groups excluding carboxylic acids is 2. The minimum atomic E-state index is -0.293. The lowest BCUT2D eigenvalue weighted by atomic mass is 9.97. The summed E-state index contributed by atoms with van der Waals surface area (Å²) in [5.74, 6) is 0.115. The van der Waals surface area contributed by atoms with Crippen molar-refractivity contribution in [1.29, 1.82) is 0 Å². The van der Waals surface area contributed by atoms with Crippen molar-refractivity contribution in [3.63, 3.8) is 0 Å². The Hall–Kier alpha value is -2.98. The number of hydrogen-bond donors (Lipinski definition) is 3. The number of nitrogens with zero attached hydrogens (tertiary/aromatic N) is 3. The molecular weight excluding hydrogens is 444 g/mol. The topological polar surface area (TPSA) is 93.4 Å². The number of carbonyl (C=O) groups is 2. The van der Waals surface area contributed by atoms with E-state index in [1.807, 2.05) is 35.4 Å². The van der Waals surface area contributed by atoms with Crippen LogP contribution in [0.1, 0.15) is 39.8 Å². The maximum Gasteiger partial charge on any atom is 0.289 e. The predicted octanol–water partition coefficient (Wildman–Crippen LogP) is 2.65.